The average molecular weight is 364 g/mol. The van der Waals surface area contributed by atoms with Crippen molar-refractivity contribution in [1.29, 1.82) is 0 Å². The first kappa shape index (κ1) is 16.4. The molecule has 0 aliphatic heterocycles. The Morgan fingerprint density at radius 2 is 1.46 bits per heavy atom. The van der Waals surface area contributed by atoms with E-state index in [1.807, 2.05) is 37.4 Å². The largest absolute Gasteiger partial charge is 0.346 e. The molecule has 0 atom stereocenters. The van der Waals surface area contributed by atoms with E-state index in [0.29, 0.717) is 0 Å². The van der Waals surface area contributed by atoms with Crippen LogP contribution >= 0.6 is 0 Å². The second-order valence-electron chi connectivity index (χ2n) is 6.06. The number of aromatic amines is 1. The maximum atomic E-state index is 11.4. The Morgan fingerprint density at radius 3 is 2.08 bits per heavy atom. The molecule has 0 radical (unpaired) electrons. The van der Waals surface area contributed by atoms with Crippen molar-refractivity contribution in [1.82, 2.24) is 15.0 Å². The van der Waals surface area contributed by atoms with Crippen molar-refractivity contribution in [3.8, 4) is 22.4 Å². The number of aryl methyl sites for hydroxylation is 1. The highest BCUT2D eigenvalue weighted by atomic mass is 32.2. The summed E-state index contributed by atoms with van der Waals surface area (Å²) in [4.78, 5) is 11.9. The van der Waals surface area contributed by atoms with Gasteiger partial charge < -0.3 is 4.98 Å². The summed E-state index contributed by atoms with van der Waals surface area (Å²) >= 11 is 0. The highest BCUT2D eigenvalue weighted by Gasteiger charge is 2.11. The summed E-state index contributed by atoms with van der Waals surface area (Å²) in [5, 5.41) is 6.15. The maximum Gasteiger partial charge on any atom is 0.238 e. The predicted octanol–water partition coefficient (Wildman–Crippen LogP) is 3.25. The number of aromatic nitrogens is 3. The molecule has 0 saturated heterocycles. The lowest BCUT2D eigenvalue weighted by atomic mass is 10.0. The maximum absolute atomic E-state index is 11.4. The lowest BCUT2D eigenvalue weighted by molar-refractivity contribution is 0.598. The van der Waals surface area contributed by atoms with Gasteiger partial charge in [0, 0.05) is 17.1 Å². The number of hydrogen-bond donors (Lipinski definition) is 2. The lowest BCUT2D eigenvalue weighted by Gasteiger charge is -2.07. The first-order valence-electron chi connectivity index (χ1n) is 7.96. The standard InChI is InChI=1S/C19H16N4O2S/c1-12-10-21-19-17(12)18(22-11-23-19)15-4-2-13(3-5-15)14-6-8-16(9-7-14)26(20,24)25/h2-11H,1H3,(H2,20,24,25)(H,21,22,23). The van der Waals surface area contributed by atoms with Crippen molar-refractivity contribution < 1.29 is 8.42 Å². The minimum Gasteiger partial charge on any atom is -0.346 e. The van der Waals surface area contributed by atoms with Crippen LogP contribution < -0.4 is 5.14 Å². The Bertz CT molecular complexity index is 1190. The Morgan fingerprint density at radius 1 is 0.885 bits per heavy atom. The molecule has 0 spiro atoms. The number of nitrogens with one attached hydrogen (secondary N) is 1. The number of fused-ring (bicyclic) bond motifs is 1. The molecule has 0 aliphatic rings. The summed E-state index contributed by atoms with van der Waals surface area (Å²) < 4.78 is 22.7. The molecule has 3 N–H and O–H groups in total. The van der Waals surface area contributed by atoms with Gasteiger partial charge in [0.05, 0.1) is 10.6 Å². The highest BCUT2D eigenvalue weighted by molar-refractivity contribution is 7.89. The van der Waals surface area contributed by atoms with Gasteiger partial charge in [-0.05, 0) is 35.7 Å². The quantitative estimate of drug-likeness (QED) is 0.582. The number of primary sulfonamides is 1. The molecular weight excluding hydrogens is 348 g/mol. The molecule has 130 valence electrons. The third-order valence-electron chi connectivity index (χ3n) is 4.34. The van der Waals surface area contributed by atoms with E-state index < -0.39 is 10.0 Å². The fourth-order valence-electron chi connectivity index (χ4n) is 2.99. The van der Waals surface area contributed by atoms with Gasteiger partial charge in [-0.1, -0.05) is 36.4 Å². The minimum absolute atomic E-state index is 0.101. The Hall–Kier alpha value is -3.03. The predicted molar refractivity (Wildman–Crippen MR) is 101 cm³/mol. The summed E-state index contributed by atoms with van der Waals surface area (Å²) in [5.74, 6) is 0. The van der Waals surface area contributed by atoms with Crippen LogP contribution in [0.25, 0.3) is 33.4 Å². The molecule has 0 fully saturated rings. The van der Waals surface area contributed by atoms with E-state index in [0.717, 1.165) is 39.0 Å². The normalized spacial score (nSPS) is 11.8. The Kier molecular flexibility index (Phi) is 3.82. The number of rotatable bonds is 3. The van der Waals surface area contributed by atoms with E-state index >= 15 is 0 Å². The van der Waals surface area contributed by atoms with Crippen LogP contribution in [-0.2, 0) is 10.0 Å². The molecule has 0 amide bonds. The van der Waals surface area contributed by atoms with Crippen molar-refractivity contribution >= 4 is 21.1 Å². The van der Waals surface area contributed by atoms with Gasteiger partial charge in [0.2, 0.25) is 10.0 Å². The SMILES string of the molecule is Cc1c[nH]c2ncnc(-c3ccc(-c4ccc(S(N)(=O)=O)cc4)cc3)c12. The fraction of sp³-hybridized carbons (Fsp3) is 0.0526. The molecule has 0 saturated carbocycles. The van der Waals surface area contributed by atoms with Gasteiger partial charge in [-0.15, -0.1) is 0 Å². The fourth-order valence-corrected chi connectivity index (χ4v) is 3.51. The topological polar surface area (TPSA) is 102 Å². The van der Waals surface area contributed by atoms with E-state index in [-0.39, 0.29) is 4.90 Å². The first-order valence-corrected chi connectivity index (χ1v) is 9.50. The molecule has 0 aliphatic carbocycles. The van der Waals surface area contributed by atoms with Crippen LogP contribution in [0, 0.1) is 6.92 Å². The van der Waals surface area contributed by atoms with Crippen LogP contribution in [0.15, 0.2) is 66.0 Å². The molecule has 0 bridgehead atoms. The second kappa shape index (κ2) is 6.05. The van der Waals surface area contributed by atoms with Crippen LogP contribution in [0.1, 0.15) is 5.56 Å². The van der Waals surface area contributed by atoms with Gasteiger partial charge in [-0.2, -0.15) is 0 Å². The van der Waals surface area contributed by atoms with Crippen molar-refractivity contribution in [3.05, 3.63) is 66.6 Å². The van der Waals surface area contributed by atoms with E-state index in [1.54, 1.807) is 18.5 Å². The van der Waals surface area contributed by atoms with Gasteiger partial charge in [-0.3, -0.25) is 0 Å². The van der Waals surface area contributed by atoms with E-state index in [1.165, 1.54) is 12.1 Å². The summed E-state index contributed by atoms with van der Waals surface area (Å²) in [6.07, 6.45) is 3.47. The second-order valence-corrected chi connectivity index (χ2v) is 7.63. The molecular formula is C19H16N4O2S. The molecule has 4 rings (SSSR count). The molecule has 2 heterocycles. The number of benzene rings is 2. The zero-order valence-electron chi connectivity index (χ0n) is 14.0. The van der Waals surface area contributed by atoms with Crippen molar-refractivity contribution in [2.45, 2.75) is 11.8 Å². The van der Waals surface area contributed by atoms with E-state index in [4.69, 9.17) is 5.14 Å². The van der Waals surface area contributed by atoms with Gasteiger partial charge in [0.15, 0.2) is 0 Å². The Labute approximate surface area is 150 Å². The molecule has 0 unspecified atom stereocenters. The van der Waals surface area contributed by atoms with Gasteiger partial charge in [0.1, 0.15) is 12.0 Å². The average Bonchev–Trinajstić information content (AvgIpc) is 3.03. The minimum atomic E-state index is -3.68. The molecule has 7 heteroatoms. The van der Waals surface area contributed by atoms with Crippen LogP contribution in [0.3, 0.4) is 0 Å². The smallest absolute Gasteiger partial charge is 0.238 e. The van der Waals surface area contributed by atoms with E-state index in [9.17, 15) is 8.42 Å². The Balaban J connectivity index is 1.72. The molecule has 2 aromatic carbocycles. The molecule has 4 aromatic rings. The van der Waals surface area contributed by atoms with Gasteiger partial charge >= 0.3 is 0 Å². The van der Waals surface area contributed by atoms with Crippen molar-refractivity contribution in [2.75, 3.05) is 0 Å². The molecule has 6 nitrogen and oxygen atoms in total. The highest BCUT2D eigenvalue weighted by Crippen LogP contribution is 2.29. The summed E-state index contributed by atoms with van der Waals surface area (Å²) in [7, 11) is -3.68. The van der Waals surface area contributed by atoms with Crippen molar-refractivity contribution in [2.24, 2.45) is 5.14 Å². The van der Waals surface area contributed by atoms with Gasteiger partial charge in [0.25, 0.3) is 0 Å². The number of nitrogens with two attached hydrogens (primary N) is 1. The molecule has 26 heavy (non-hydrogen) atoms. The van der Waals surface area contributed by atoms with Crippen LogP contribution in [0.4, 0.5) is 0 Å². The van der Waals surface area contributed by atoms with E-state index in [2.05, 4.69) is 15.0 Å². The summed E-state index contributed by atoms with van der Waals surface area (Å²) in [5.41, 5.74) is 5.67. The number of H-pyrrole nitrogens is 1. The lowest BCUT2D eigenvalue weighted by Crippen LogP contribution is -2.11. The number of nitrogens with zero attached hydrogens (tertiary/aromatic N) is 2. The molecule has 2 aromatic heterocycles. The summed E-state index contributed by atoms with van der Waals surface area (Å²) in [6, 6.07) is 14.5. The third-order valence-corrected chi connectivity index (χ3v) is 5.27. The number of hydrogen-bond acceptors (Lipinski definition) is 4. The zero-order chi connectivity index (χ0) is 18.3. The zero-order valence-corrected chi connectivity index (χ0v) is 14.8. The third kappa shape index (κ3) is 2.87. The van der Waals surface area contributed by atoms with Crippen LogP contribution in [-0.4, -0.2) is 23.4 Å². The van der Waals surface area contributed by atoms with Gasteiger partial charge in [-0.25, -0.2) is 23.5 Å². The summed E-state index contributed by atoms with van der Waals surface area (Å²) in [6.45, 7) is 2.02. The monoisotopic (exact) mass is 364 g/mol. The van der Waals surface area contributed by atoms with Crippen molar-refractivity contribution in [3.63, 3.8) is 0 Å². The number of sulfonamides is 1. The van der Waals surface area contributed by atoms with Crippen LogP contribution in [0.5, 0.6) is 0 Å². The first-order chi connectivity index (χ1) is 12.4. The van der Waals surface area contributed by atoms with Crippen LogP contribution in [0.2, 0.25) is 0 Å².